The highest BCUT2D eigenvalue weighted by atomic mass is 16.3. The summed E-state index contributed by atoms with van der Waals surface area (Å²) in [5, 5.41) is 11.5. The lowest BCUT2D eigenvalue weighted by Crippen LogP contribution is -2.28. The molecule has 28 heavy (non-hydrogen) atoms. The summed E-state index contributed by atoms with van der Waals surface area (Å²) in [7, 11) is 0. The fourth-order valence-corrected chi connectivity index (χ4v) is 3.54. The molecule has 8 nitrogen and oxygen atoms in total. The van der Waals surface area contributed by atoms with Gasteiger partial charge >= 0.3 is 0 Å². The number of fused-ring (bicyclic) bond motifs is 1. The molecule has 3 aromatic rings. The molecule has 0 bridgehead atoms. The normalized spacial score (nSPS) is 15.3. The Morgan fingerprint density at radius 2 is 2.14 bits per heavy atom. The van der Waals surface area contributed by atoms with E-state index < -0.39 is 5.91 Å². The molecular weight excluding hydrogens is 358 g/mol. The van der Waals surface area contributed by atoms with Crippen LogP contribution in [0.3, 0.4) is 0 Å². The fraction of sp³-hybridized carbons (Fsp3) is 0.300. The molecule has 2 aromatic heterocycles. The molecular formula is C20H21N5O3. The van der Waals surface area contributed by atoms with Crippen molar-refractivity contribution in [2.24, 2.45) is 11.1 Å². The quantitative estimate of drug-likeness (QED) is 0.704. The number of anilines is 1. The van der Waals surface area contributed by atoms with Crippen LogP contribution in [0.1, 0.15) is 52.6 Å². The number of benzene rings is 1. The van der Waals surface area contributed by atoms with E-state index in [0.29, 0.717) is 42.0 Å². The van der Waals surface area contributed by atoms with Gasteiger partial charge in [0, 0.05) is 12.1 Å². The van der Waals surface area contributed by atoms with Crippen LogP contribution >= 0.6 is 0 Å². The molecule has 4 rings (SSSR count). The van der Waals surface area contributed by atoms with Crippen LogP contribution in [0.15, 0.2) is 41.0 Å². The lowest BCUT2D eigenvalue weighted by atomic mass is 9.77. The minimum absolute atomic E-state index is 0.00224. The molecule has 0 aliphatic heterocycles. The first kappa shape index (κ1) is 18.0. The highest BCUT2D eigenvalue weighted by Crippen LogP contribution is 2.35. The Labute approximate surface area is 161 Å². The zero-order chi connectivity index (χ0) is 19.9. The third kappa shape index (κ3) is 3.28. The van der Waals surface area contributed by atoms with Crippen molar-refractivity contribution in [2.45, 2.75) is 33.2 Å². The molecule has 1 aliphatic rings. The minimum atomic E-state index is -0.537. The molecule has 0 saturated heterocycles. The van der Waals surface area contributed by atoms with Gasteiger partial charge in [-0.15, -0.1) is 5.10 Å². The minimum Gasteiger partial charge on any atom is -0.467 e. The van der Waals surface area contributed by atoms with Crippen LogP contribution in [0.2, 0.25) is 0 Å². The molecule has 144 valence electrons. The van der Waals surface area contributed by atoms with Gasteiger partial charge in [-0.1, -0.05) is 19.1 Å². The monoisotopic (exact) mass is 379 g/mol. The number of furan rings is 1. The predicted octanol–water partition coefficient (Wildman–Crippen LogP) is 2.73. The van der Waals surface area contributed by atoms with E-state index in [2.05, 4.69) is 29.5 Å². The zero-order valence-corrected chi connectivity index (χ0v) is 15.7. The fourth-order valence-electron chi connectivity index (χ4n) is 3.54. The van der Waals surface area contributed by atoms with Gasteiger partial charge in [0.25, 0.3) is 5.91 Å². The van der Waals surface area contributed by atoms with E-state index >= 15 is 0 Å². The Hall–Kier alpha value is -3.42. The first-order chi connectivity index (χ1) is 13.3. The maximum atomic E-state index is 12.4. The largest absolute Gasteiger partial charge is 0.467 e. The van der Waals surface area contributed by atoms with Gasteiger partial charge in [0.2, 0.25) is 0 Å². The van der Waals surface area contributed by atoms with Crippen molar-refractivity contribution in [1.82, 2.24) is 15.0 Å². The summed E-state index contributed by atoms with van der Waals surface area (Å²) in [6.07, 6.45) is 2.73. The van der Waals surface area contributed by atoms with Crippen molar-refractivity contribution in [3.8, 4) is 5.69 Å². The number of Topliss-reactive ketones (excluding diaryl/α,β-unsaturated/α-hetero) is 1. The van der Waals surface area contributed by atoms with Crippen LogP contribution in [0.25, 0.3) is 5.69 Å². The molecule has 1 aliphatic carbocycles. The van der Waals surface area contributed by atoms with E-state index in [1.54, 1.807) is 35.2 Å². The van der Waals surface area contributed by atoms with Crippen molar-refractivity contribution in [3.05, 3.63) is 59.3 Å². The molecule has 0 fully saturated rings. The number of rotatable bonds is 5. The summed E-state index contributed by atoms with van der Waals surface area (Å²) in [4.78, 5) is 24.2. The number of nitrogens with two attached hydrogens (primary N) is 1. The summed E-state index contributed by atoms with van der Waals surface area (Å²) < 4.78 is 6.99. The number of nitrogens with zero attached hydrogens (tertiary/aromatic N) is 3. The van der Waals surface area contributed by atoms with E-state index in [0.717, 1.165) is 11.5 Å². The van der Waals surface area contributed by atoms with E-state index in [-0.39, 0.29) is 11.2 Å². The maximum absolute atomic E-state index is 12.4. The Morgan fingerprint density at radius 1 is 1.32 bits per heavy atom. The zero-order valence-electron chi connectivity index (χ0n) is 15.7. The molecule has 0 radical (unpaired) electrons. The van der Waals surface area contributed by atoms with Gasteiger partial charge < -0.3 is 15.5 Å². The number of carbonyl (C=O) groups excluding carboxylic acids is 2. The average molecular weight is 379 g/mol. The number of nitrogens with one attached hydrogen (secondary N) is 1. The van der Waals surface area contributed by atoms with Crippen LogP contribution < -0.4 is 11.1 Å². The van der Waals surface area contributed by atoms with E-state index in [1.807, 2.05) is 6.07 Å². The van der Waals surface area contributed by atoms with Gasteiger partial charge in [-0.25, -0.2) is 4.68 Å². The van der Waals surface area contributed by atoms with Crippen LogP contribution in [-0.4, -0.2) is 26.7 Å². The Balaban J connectivity index is 1.72. The highest BCUT2D eigenvalue weighted by molar-refractivity contribution is 5.99. The molecule has 3 N–H and O–H groups in total. The maximum Gasteiger partial charge on any atom is 0.250 e. The van der Waals surface area contributed by atoms with Crippen LogP contribution in [0.4, 0.5) is 5.69 Å². The van der Waals surface area contributed by atoms with E-state index in [9.17, 15) is 9.59 Å². The van der Waals surface area contributed by atoms with Crippen LogP contribution in [0.5, 0.6) is 0 Å². The summed E-state index contributed by atoms with van der Waals surface area (Å²) in [5.41, 5.74) is 8.19. The molecule has 0 atom stereocenters. The lowest BCUT2D eigenvalue weighted by Gasteiger charge is -2.28. The van der Waals surface area contributed by atoms with Gasteiger partial charge in [0.1, 0.15) is 5.76 Å². The van der Waals surface area contributed by atoms with Gasteiger partial charge in [-0.3, -0.25) is 9.59 Å². The van der Waals surface area contributed by atoms with Crippen LogP contribution in [0, 0.1) is 5.41 Å². The number of hydrogen-bond donors (Lipinski definition) is 2. The standard InChI is InChI=1S/C20H21N5O3/c1-20(2)9-16-18(17(26)10-20)23-24-25(16)12-5-6-14(19(21)27)15(8-12)22-11-13-4-3-7-28-13/h3-8,22H,9-11H2,1-2H3,(H2,21,27). The topological polar surface area (TPSA) is 116 Å². The SMILES string of the molecule is CC1(C)CC(=O)c2nnn(-c3ccc(C(N)=O)c(NCc4ccco4)c3)c2C1. The predicted molar refractivity (Wildman–Crippen MR) is 102 cm³/mol. The number of amides is 1. The number of primary amides is 1. The van der Waals surface area contributed by atoms with Crippen molar-refractivity contribution in [2.75, 3.05) is 5.32 Å². The van der Waals surface area contributed by atoms with Crippen molar-refractivity contribution in [1.29, 1.82) is 0 Å². The highest BCUT2D eigenvalue weighted by Gasteiger charge is 2.35. The van der Waals surface area contributed by atoms with Gasteiger partial charge in [0.05, 0.1) is 29.8 Å². The number of aromatic nitrogens is 3. The van der Waals surface area contributed by atoms with Crippen molar-refractivity contribution >= 4 is 17.4 Å². The third-order valence-corrected chi connectivity index (χ3v) is 4.86. The Morgan fingerprint density at radius 3 is 2.86 bits per heavy atom. The van der Waals surface area contributed by atoms with Crippen molar-refractivity contribution in [3.63, 3.8) is 0 Å². The molecule has 1 amide bonds. The average Bonchev–Trinajstić information content (AvgIpc) is 3.28. The summed E-state index contributed by atoms with van der Waals surface area (Å²) in [6, 6.07) is 8.81. The van der Waals surface area contributed by atoms with Crippen LogP contribution in [-0.2, 0) is 13.0 Å². The molecule has 0 unspecified atom stereocenters. The second-order valence-electron chi connectivity index (χ2n) is 7.76. The number of hydrogen-bond acceptors (Lipinski definition) is 6. The number of carbonyl (C=O) groups is 2. The second kappa shape index (κ2) is 6.63. The molecule has 2 heterocycles. The molecule has 8 heteroatoms. The molecule has 0 spiro atoms. The van der Waals surface area contributed by atoms with Gasteiger partial charge in [-0.05, 0) is 42.2 Å². The second-order valence-corrected chi connectivity index (χ2v) is 7.76. The van der Waals surface area contributed by atoms with E-state index in [1.165, 1.54) is 0 Å². The summed E-state index contributed by atoms with van der Waals surface area (Å²) in [5.74, 6) is 0.194. The van der Waals surface area contributed by atoms with Crippen molar-refractivity contribution < 1.29 is 14.0 Å². The third-order valence-electron chi connectivity index (χ3n) is 4.86. The first-order valence-electron chi connectivity index (χ1n) is 9.02. The lowest BCUT2D eigenvalue weighted by molar-refractivity contribution is 0.0905. The molecule has 0 saturated carbocycles. The molecule has 1 aromatic carbocycles. The summed E-state index contributed by atoms with van der Waals surface area (Å²) in [6.45, 7) is 4.51. The number of ketones is 1. The van der Waals surface area contributed by atoms with Gasteiger partial charge in [0.15, 0.2) is 11.5 Å². The Kier molecular flexibility index (Phi) is 4.26. The first-order valence-corrected chi connectivity index (χ1v) is 9.02. The Bertz CT molecular complexity index is 1050. The smallest absolute Gasteiger partial charge is 0.250 e. The van der Waals surface area contributed by atoms with E-state index in [4.69, 9.17) is 10.2 Å². The summed E-state index contributed by atoms with van der Waals surface area (Å²) >= 11 is 0. The van der Waals surface area contributed by atoms with Gasteiger partial charge in [-0.2, -0.15) is 0 Å².